The zero-order chi connectivity index (χ0) is 20.2. The number of rotatable bonds is 5. The number of ether oxygens (including phenoxy) is 1. The Morgan fingerprint density at radius 3 is 2.90 bits per heavy atom. The Labute approximate surface area is 168 Å². The van der Waals surface area contributed by atoms with Crippen LogP contribution >= 0.6 is 0 Å². The standard InChI is InChI=1S/C21H23N5O3/c1-29-20-6-2-5-16(11-20)17-8-18(10-19(9-17)26-14-22-23-24-26)21(28)25-7-3-4-15(12-25)13-27/h2,5-6,8-11,14-15,27H,3-4,7,12-13H2,1H3. The molecule has 29 heavy (non-hydrogen) atoms. The van der Waals surface area contributed by atoms with E-state index >= 15 is 0 Å². The second-order valence-corrected chi connectivity index (χ2v) is 7.20. The Balaban J connectivity index is 1.75. The fraction of sp³-hybridized carbons (Fsp3) is 0.333. The summed E-state index contributed by atoms with van der Waals surface area (Å²) in [6.07, 6.45) is 3.34. The number of methoxy groups -OCH3 is 1. The van der Waals surface area contributed by atoms with Gasteiger partial charge in [-0.25, -0.2) is 4.68 Å². The van der Waals surface area contributed by atoms with E-state index in [4.69, 9.17) is 4.74 Å². The van der Waals surface area contributed by atoms with Gasteiger partial charge in [-0.1, -0.05) is 12.1 Å². The topological polar surface area (TPSA) is 93.4 Å². The highest BCUT2D eigenvalue weighted by molar-refractivity contribution is 5.96. The Morgan fingerprint density at radius 1 is 1.24 bits per heavy atom. The van der Waals surface area contributed by atoms with E-state index in [0.717, 1.165) is 29.7 Å². The smallest absolute Gasteiger partial charge is 0.253 e. The third-order valence-corrected chi connectivity index (χ3v) is 5.25. The minimum Gasteiger partial charge on any atom is -0.497 e. The molecule has 0 bridgehead atoms. The van der Waals surface area contributed by atoms with Gasteiger partial charge in [0.15, 0.2) is 0 Å². The first-order chi connectivity index (χ1) is 14.2. The molecule has 4 rings (SSSR count). The van der Waals surface area contributed by atoms with Gasteiger partial charge in [-0.15, -0.1) is 5.10 Å². The number of carbonyl (C=O) groups is 1. The molecule has 8 nitrogen and oxygen atoms in total. The predicted molar refractivity (Wildman–Crippen MR) is 107 cm³/mol. The van der Waals surface area contributed by atoms with E-state index in [1.807, 2.05) is 41.3 Å². The summed E-state index contributed by atoms with van der Waals surface area (Å²) in [5.41, 5.74) is 3.07. The van der Waals surface area contributed by atoms with Crippen LogP contribution in [0, 0.1) is 5.92 Å². The van der Waals surface area contributed by atoms with Gasteiger partial charge in [-0.05, 0) is 70.6 Å². The SMILES string of the molecule is COc1cccc(-c2cc(C(=O)N3CCCC(CO)C3)cc(-n3cnnn3)c2)c1. The molecule has 2 heterocycles. The van der Waals surface area contributed by atoms with Crippen molar-refractivity contribution in [3.8, 4) is 22.6 Å². The van der Waals surface area contributed by atoms with Crippen molar-refractivity contribution in [3.05, 3.63) is 54.4 Å². The third-order valence-electron chi connectivity index (χ3n) is 5.25. The predicted octanol–water partition coefficient (Wildman–Crippen LogP) is 2.18. The Hall–Kier alpha value is -3.26. The van der Waals surface area contributed by atoms with Gasteiger partial charge in [0, 0.05) is 25.3 Å². The van der Waals surface area contributed by atoms with Crippen LogP contribution in [0.5, 0.6) is 5.75 Å². The molecule has 150 valence electrons. The van der Waals surface area contributed by atoms with E-state index < -0.39 is 0 Å². The number of piperidine rings is 1. The second-order valence-electron chi connectivity index (χ2n) is 7.20. The molecule has 1 fully saturated rings. The molecule has 0 radical (unpaired) electrons. The van der Waals surface area contributed by atoms with Crippen LogP contribution in [0.2, 0.25) is 0 Å². The first-order valence-electron chi connectivity index (χ1n) is 9.61. The fourth-order valence-corrected chi connectivity index (χ4v) is 3.70. The minimum atomic E-state index is -0.0535. The summed E-state index contributed by atoms with van der Waals surface area (Å²) in [5.74, 6) is 0.820. The molecule has 0 aliphatic carbocycles. The highest BCUT2D eigenvalue weighted by Crippen LogP contribution is 2.28. The normalized spacial score (nSPS) is 16.6. The van der Waals surface area contributed by atoms with E-state index in [-0.39, 0.29) is 18.4 Å². The molecular weight excluding hydrogens is 370 g/mol. The number of benzene rings is 2. The minimum absolute atomic E-state index is 0.0535. The van der Waals surface area contributed by atoms with Gasteiger partial charge < -0.3 is 14.7 Å². The number of amides is 1. The van der Waals surface area contributed by atoms with Gasteiger partial charge in [0.05, 0.1) is 12.8 Å². The third kappa shape index (κ3) is 4.12. The number of carbonyl (C=O) groups excluding carboxylic acids is 1. The molecule has 1 aliphatic heterocycles. The number of nitrogens with zero attached hydrogens (tertiary/aromatic N) is 5. The Morgan fingerprint density at radius 2 is 2.14 bits per heavy atom. The maximum Gasteiger partial charge on any atom is 0.253 e. The zero-order valence-electron chi connectivity index (χ0n) is 16.2. The van der Waals surface area contributed by atoms with Crippen LogP contribution < -0.4 is 4.74 Å². The van der Waals surface area contributed by atoms with Crippen LogP contribution in [0.1, 0.15) is 23.2 Å². The molecule has 1 atom stereocenters. The molecule has 0 spiro atoms. The molecule has 1 aromatic heterocycles. The second kappa shape index (κ2) is 8.40. The van der Waals surface area contributed by atoms with Crippen molar-refractivity contribution in [1.29, 1.82) is 0 Å². The number of hydrogen-bond donors (Lipinski definition) is 1. The van der Waals surface area contributed by atoms with Crippen LogP contribution in [0.25, 0.3) is 16.8 Å². The highest BCUT2D eigenvalue weighted by atomic mass is 16.5. The summed E-state index contributed by atoms with van der Waals surface area (Å²) in [7, 11) is 1.62. The molecule has 1 saturated heterocycles. The van der Waals surface area contributed by atoms with Gasteiger partial charge in [-0.3, -0.25) is 4.79 Å². The van der Waals surface area contributed by atoms with Crippen molar-refractivity contribution in [1.82, 2.24) is 25.1 Å². The largest absolute Gasteiger partial charge is 0.497 e. The van der Waals surface area contributed by atoms with E-state index in [9.17, 15) is 9.90 Å². The van der Waals surface area contributed by atoms with Crippen molar-refractivity contribution in [2.75, 3.05) is 26.8 Å². The molecule has 3 aromatic rings. The van der Waals surface area contributed by atoms with Crippen molar-refractivity contribution < 1.29 is 14.6 Å². The van der Waals surface area contributed by atoms with E-state index in [1.54, 1.807) is 13.2 Å². The van der Waals surface area contributed by atoms with E-state index in [0.29, 0.717) is 24.3 Å². The lowest BCUT2D eigenvalue weighted by Crippen LogP contribution is -2.41. The molecule has 1 amide bonds. The zero-order valence-corrected chi connectivity index (χ0v) is 16.2. The maximum atomic E-state index is 13.2. The fourth-order valence-electron chi connectivity index (χ4n) is 3.70. The molecule has 1 aliphatic rings. The number of tetrazole rings is 1. The number of hydrogen-bond acceptors (Lipinski definition) is 6. The summed E-state index contributed by atoms with van der Waals surface area (Å²) in [6.45, 7) is 1.36. The van der Waals surface area contributed by atoms with Gasteiger partial charge in [-0.2, -0.15) is 0 Å². The lowest BCUT2D eigenvalue weighted by molar-refractivity contribution is 0.0620. The van der Waals surface area contributed by atoms with E-state index in [1.165, 1.54) is 11.0 Å². The highest BCUT2D eigenvalue weighted by Gasteiger charge is 2.25. The van der Waals surface area contributed by atoms with Crippen LogP contribution in [-0.2, 0) is 0 Å². The summed E-state index contributed by atoms with van der Waals surface area (Å²) in [5, 5.41) is 20.9. The van der Waals surface area contributed by atoms with Crippen molar-refractivity contribution in [2.45, 2.75) is 12.8 Å². The molecule has 0 saturated carbocycles. The van der Waals surface area contributed by atoms with Gasteiger partial charge in [0.25, 0.3) is 5.91 Å². The maximum absolute atomic E-state index is 13.2. The Bertz CT molecular complexity index is 990. The number of aromatic nitrogens is 4. The monoisotopic (exact) mass is 393 g/mol. The lowest BCUT2D eigenvalue weighted by atomic mass is 9.97. The lowest BCUT2D eigenvalue weighted by Gasteiger charge is -2.32. The van der Waals surface area contributed by atoms with Gasteiger partial charge in [0.2, 0.25) is 0 Å². The average molecular weight is 393 g/mol. The van der Waals surface area contributed by atoms with Gasteiger partial charge >= 0.3 is 0 Å². The van der Waals surface area contributed by atoms with Crippen LogP contribution in [-0.4, -0.2) is 62.9 Å². The van der Waals surface area contributed by atoms with Crippen molar-refractivity contribution in [2.24, 2.45) is 5.92 Å². The first-order valence-corrected chi connectivity index (χ1v) is 9.61. The number of likely N-dealkylation sites (tertiary alicyclic amines) is 1. The van der Waals surface area contributed by atoms with Crippen LogP contribution in [0.4, 0.5) is 0 Å². The quantitative estimate of drug-likeness (QED) is 0.714. The van der Waals surface area contributed by atoms with E-state index in [2.05, 4.69) is 15.5 Å². The Kier molecular flexibility index (Phi) is 5.53. The van der Waals surface area contributed by atoms with Crippen molar-refractivity contribution >= 4 is 5.91 Å². The number of aliphatic hydroxyl groups excluding tert-OH is 1. The van der Waals surface area contributed by atoms with Gasteiger partial charge in [0.1, 0.15) is 12.1 Å². The molecule has 8 heteroatoms. The summed E-state index contributed by atoms with van der Waals surface area (Å²) < 4.78 is 6.87. The summed E-state index contributed by atoms with van der Waals surface area (Å²) >= 11 is 0. The molecular formula is C21H23N5O3. The number of aliphatic hydroxyl groups is 1. The average Bonchev–Trinajstić information content (AvgIpc) is 3.33. The summed E-state index contributed by atoms with van der Waals surface area (Å²) in [6, 6.07) is 13.3. The van der Waals surface area contributed by atoms with Crippen LogP contribution in [0.15, 0.2) is 48.8 Å². The molecule has 1 unspecified atom stereocenters. The van der Waals surface area contributed by atoms with Crippen LogP contribution in [0.3, 0.4) is 0 Å². The van der Waals surface area contributed by atoms with Crippen molar-refractivity contribution in [3.63, 3.8) is 0 Å². The molecule has 2 aromatic carbocycles. The first kappa shape index (κ1) is 19.1. The molecule has 1 N–H and O–H groups in total. The summed E-state index contributed by atoms with van der Waals surface area (Å²) in [4.78, 5) is 15.1.